The molecule has 4 nitrogen and oxygen atoms in total. The summed E-state index contributed by atoms with van der Waals surface area (Å²) in [5.41, 5.74) is 9.98. The van der Waals surface area contributed by atoms with Crippen LogP contribution in [0.3, 0.4) is 0 Å². The summed E-state index contributed by atoms with van der Waals surface area (Å²) < 4.78 is 2.43. The molecule has 148 valence electrons. The first-order valence-electron chi connectivity index (χ1n) is 10.7. The third kappa shape index (κ3) is 2.03. The normalized spacial score (nSPS) is 14.1. The van der Waals surface area contributed by atoms with Crippen LogP contribution in [0.5, 0.6) is 0 Å². The van der Waals surface area contributed by atoms with Crippen molar-refractivity contribution < 1.29 is 0 Å². The van der Waals surface area contributed by atoms with E-state index in [9.17, 15) is 0 Å². The van der Waals surface area contributed by atoms with E-state index in [4.69, 9.17) is 4.98 Å². The van der Waals surface area contributed by atoms with Gasteiger partial charge in [-0.05, 0) is 53.1 Å². The van der Waals surface area contributed by atoms with Crippen LogP contribution in [0.1, 0.15) is 5.56 Å². The van der Waals surface area contributed by atoms with Crippen LogP contribution in [0, 0.1) is 6.92 Å². The molecule has 0 unspecified atom stereocenters. The Balaban J connectivity index is 1.67. The lowest BCUT2D eigenvalue weighted by atomic mass is 9.46. The van der Waals surface area contributed by atoms with Crippen molar-refractivity contribution in [2.75, 3.05) is 23.9 Å². The maximum atomic E-state index is 5.04. The lowest BCUT2D eigenvalue weighted by Gasteiger charge is -2.42. The minimum atomic E-state index is 0.0972. The van der Waals surface area contributed by atoms with E-state index < -0.39 is 0 Å². The van der Waals surface area contributed by atoms with Gasteiger partial charge in [0, 0.05) is 36.5 Å². The maximum Gasteiger partial charge on any atom is 0.337 e. The lowest BCUT2D eigenvalue weighted by Crippen LogP contribution is -2.58. The fourth-order valence-corrected chi connectivity index (χ4v) is 5.64. The zero-order valence-corrected chi connectivity index (χ0v) is 17.8. The average Bonchev–Trinajstić information content (AvgIpc) is 3.18. The molecule has 0 saturated carbocycles. The van der Waals surface area contributed by atoms with Gasteiger partial charge < -0.3 is 14.3 Å². The molecule has 0 spiro atoms. The minimum absolute atomic E-state index is 0.0972. The number of aromatic nitrogens is 2. The van der Waals surface area contributed by atoms with Gasteiger partial charge in [-0.1, -0.05) is 48.5 Å². The summed E-state index contributed by atoms with van der Waals surface area (Å²) in [6, 6.07) is 26.4. The Bertz CT molecular complexity index is 1550. The molecule has 5 heteroatoms. The second kappa shape index (κ2) is 5.70. The Hall–Kier alpha value is -3.73. The highest BCUT2D eigenvalue weighted by molar-refractivity contribution is 6.89. The van der Waals surface area contributed by atoms with Gasteiger partial charge in [-0.25, -0.2) is 4.98 Å². The van der Waals surface area contributed by atoms with Crippen LogP contribution < -0.4 is 20.7 Å². The van der Waals surface area contributed by atoms with Crippen molar-refractivity contribution in [3.8, 4) is 0 Å². The number of nitrogens with zero attached hydrogens (tertiary/aromatic N) is 4. The van der Waals surface area contributed by atoms with Crippen molar-refractivity contribution in [1.82, 2.24) is 9.46 Å². The average molecular weight is 400 g/mol. The summed E-state index contributed by atoms with van der Waals surface area (Å²) in [4.78, 5) is 9.68. The Morgan fingerprint density at radius 1 is 0.806 bits per heavy atom. The Kier molecular flexibility index (Phi) is 3.13. The molecule has 5 aromatic rings. The van der Waals surface area contributed by atoms with Crippen molar-refractivity contribution in [1.29, 1.82) is 0 Å². The van der Waals surface area contributed by atoms with E-state index in [1.165, 1.54) is 49.8 Å². The molecule has 0 amide bonds. The first kappa shape index (κ1) is 17.0. The molecular formula is C26H21BN4. The predicted molar refractivity (Wildman–Crippen MR) is 131 cm³/mol. The number of anilines is 4. The first-order chi connectivity index (χ1) is 15.1. The zero-order valence-electron chi connectivity index (χ0n) is 17.8. The van der Waals surface area contributed by atoms with E-state index in [1.807, 2.05) is 0 Å². The minimum Gasteiger partial charge on any atom is -0.345 e. The Morgan fingerprint density at radius 2 is 1.55 bits per heavy atom. The van der Waals surface area contributed by atoms with Gasteiger partial charge in [0.15, 0.2) is 5.95 Å². The summed E-state index contributed by atoms with van der Waals surface area (Å²) in [5, 5.41) is 2.56. The molecule has 2 aliphatic rings. The van der Waals surface area contributed by atoms with Gasteiger partial charge in [-0.15, -0.1) is 0 Å². The molecule has 31 heavy (non-hydrogen) atoms. The van der Waals surface area contributed by atoms with Gasteiger partial charge in [0.2, 0.25) is 0 Å². The molecule has 4 aromatic carbocycles. The number of hydrogen-bond acceptors (Lipinski definition) is 3. The highest BCUT2D eigenvalue weighted by atomic mass is 15.3. The number of benzene rings is 4. The topological polar surface area (TPSA) is 24.3 Å². The van der Waals surface area contributed by atoms with Gasteiger partial charge in [-0.2, -0.15) is 0 Å². The molecule has 7 rings (SSSR count). The second-order valence-electron chi connectivity index (χ2n) is 8.73. The van der Waals surface area contributed by atoms with Gasteiger partial charge in [-0.3, -0.25) is 0 Å². The highest BCUT2D eigenvalue weighted by Gasteiger charge is 2.43. The molecule has 0 N–H and O–H groups in total. The molecule has 1 aromatic heterocycles. The van der Waals surface area contributed by atoms with Gasteiger partial charge in [0.05, 0.1) is 11.0 Å². The summed E-state index contributed by atoms with van der Waals surface area (Å²) in [7, 11) is 4.34. The third-order valence-corrected chi connectivity index (χ3v) is 6.97. The van der Waals surface area contributed by atoms with E-state index in [1.54, 1.807) is 0 Å². The van der Waals surface area contributed by atoms with Crippen molar-refractivity contribution in [2.24, 2.45) is 0 Å². The van der Waals surface area contributed by atoms with Crippen LogP contribution in [-0.4, -0.2) is 30.4 Å². The van der Waals surface area contributed by atoms with E-state index in [0.717, 1.165) is 11.5 Å². The van der Waals surface area contributed by atoms with Gasteiger partial charge >= 0.3 is 6.85 Å². The largest absolute Gasteiger partial charge is 0.345 e. The van der Waals surface area contributed by atoms with Crippen molar-refractivity contribution >= 4 is 62.6 Å². The zero-order chi connectivity index (χ0) is 20.9. The fraction of sp³-hybridized carbons (Fsp3) is 0.115. The molecule has 0 fully saturated rings. The summed E-state index contributed by atoms with van der Waals surface area (Å²) in [6.45, 7) is 2.28. The van der Waals surface area contributed by atoms with Crippen LogP contribution in [-0.2, 0) is 0 Å². The molecule has 3 heterocycles. The van der Waals surface area contributed by atoms with Crippen molar-refractivity contribution in [3.63, 3.8) is 0 Å². The van der Waals surface area contributed by atoms with E-state index in [2.05, 4.69) is 108 Å². The van der Waals surface area contributed by atoms with E-state index >= 15 is 0 Å². The third-order valence-electron chi connectivity index (χ3n) is 6.97. The standard InChI is InChI=1S/C26H21BN4/c1-16-14-22-24-23(15-16)30(3)26-28-20-10-6-7-11-21(20)31(26)27(24)19-13-12-17-8-4-5-9-18(17)25(19)29(22)2/h4-15H,1-3H3. The van der Waals surface area contributed by atoms with Crippen LogP contribution in [0.2, 0.25) is 0 Å². The molecule has 0 aliphatic carbocycles. The van der Waals surface area contributed by atoms with E-state index in [0.29, 0.717) is 0 Å². The molecule has 0 saturated heterocycles. The fourth-order valence-electron chi connectivity index (χ4n) is 5.64. The first-order valence-corrected chi connectivity index (χ1v) is 10.7. The molecule has 0 atom stereocenters. The van der Waals surface area contributed by atoms with Crippen LogP contribution in [0.25, 0.3) is 21.8 Å². The number of rotatable bonds is 0. The van der Waals surface area contributed by atoms with Crippen LogP contribution in [0.4, 0.5) is 23.0 Å². The maximum absolute atomic E-state index is 5.04. The number of hydrogen-bond donors (Lipinski definition) is 0. The number of fused-ring (bicyclic) bond motifs is 8. The Morgan fingerprint density at radius 3 is 2.42 bits per heavy atom. The monoisotopic (exact) mass is 400 g/mol. The number of para-hydroxylation sites is 2. The SMILES string of the molecule is Cc1cc2c3c(c1)N(C)c1nc4ccccc4n1B3c1ccc3ccccc3c1N2C. The summed E-state index contributed by atoms with van der Waals surface area (Å²) in [6.07, 6.45) is 0. The van der Waals surface area contributed by atoms with E-state index in [-0.39, 0.29) is 6.85 Å². The van der Waals surface area contributed by atoms with Crippen molar-refractivity contribution in [3.05, 3.63) is 78.4 Å². The molecule has 0 bridgehead atoms. The van der Waals surface area contributed by atoms with Crippen LogP contribution >= 0.6 is 0 Å². The lowest BCUT2D eigenvalue weighted by molar-refractivity contribution is 1.04. The molecule has 2 aliphatic heterocycles. The number of aryl methyl sites for hydroxylation is 1. The van der Waals surface area contributed by atoms with Gasteiger partial charge in [0.25, 0.3) is 0 Å². The molecule has 0 radical (unpaired) electrons. The predicted octanol–water partition coefficient (Wildman–Crippen LogP) is 4.31. The smallest absolute Gasteiger partial charge is 0.337 e. The quantitative estimate of drug-likeness (QED) is 0.362. The summed E-state index contributed by atoms with van der Waals surface area (Å²) in [5.74, 6) is 0.999. The van der Waals surface area contributed by atoms with Crippen molar-refractivity contribution in [2.45, 2.75) is 6.92 Å². The van der Waals surface area contributed by atoms with Gasteiger partial charge in [0.1, 0.15) is 0 Å². The summed E-state index contributed by atoms with van der Waals surface area (Å²) >= 11 is 0. The van der Waals surface area contributed by atoms with Crippen LogP contribution in [0.15, 0.2) is 72.8 Å². The Labute approximate surface area is 181 Å². The number of imidazole rings is 1. The second-order valence-corrected chi connectivity index (χ2v) is 8.73. The highest BCUT2D eigenvalue weighted by Crippen LogP contribution is 2.41. The molecular weight excluding hydrogens is 379 g/mol.